The summed E-state index contributed by atoms with van der Waals surface area (Å²) >= 11 is 0. The van der Waals surface area contributed by atoms with E-state index in [0.717, 1.165) is 0 Å². The molecule has 0 aliphatic rings. The van der Waals surface area contributed by atoms with Gasteiger partial charge in [0.25, 0.3) is 0 Å². The Balaban J connectivity index is -0.00000000300. The van der Waals surface area contributed by atoms with Gasteiger partial charge in [-0.3, -0.25) is 0 Å². The zero-order chi connectivity index (χ0) is 3.41. The molecule has 0 bridgehead atoms. The molecule has 0 aromatic carbocycles. The van der Waals surface area contributed by atoms with Crippen LogP contribution >= 0.6 is 0 Å². The van der Waals surface area contributed by atoms with Crippen molar-refractivity contribution < 1.29 is 1.43 Å². The largest absolute Gasteiger partial charge is 0.0776 e. The lowest BCUT2D eigenvalue weighted by molar-refractivity contribution is 0.886. The summed E-state index contributed by atoms with van der Waals surface area (Å²) in [6, 6.07) is 0. The summed E-state index contributed by atoms with van der Waals surface area (Å²) in [6.07, 6.45) is 2.64. The number of hydrogen-bond donors (Lipinski definition) is 0. The Morgan fingerprint density at radius 2 is 0.778 bits per heavy atom. The lowest BCUT2D eigenvalue weighted by Gasteiger charge is -1.68. The maximum atomic E-state index is 2.18. The van der Waals surface area contributed by atoms with Crippen LogP contribution in [0.3, 0.4) is 0 Å². The number of hydrogen-bond acceptors (Lipinski definition) is 0. The first-order valence-corrected chi connectivity index (χ1v) is 1.91. The topological polar surface area (TPSA) is 0 Å². The van der Waals surface area contributed by atoms with Crippen molar-refractivity contribution in [3.8, 4) is 0 Å². The fraction of sp³-hybridized carbons (Fsp3) is 1.00. The molecule has 68 valence electrons. The van der Waals surface area contributed by atoms with Gasteiger partial charge >= 0.3 is 0 Å². The van der Waals surface area contributed by atoms with Gasteiger partial charge in [0.1, 0.15) is 0 Å². The summed E-state index contributed by atoms with van der Waals surface area (Å²) in [5, 5.41) is 0. The SMILES string of the molecule is C.C.C.C.C.CCCC.[2HH]. The van der Waals surface area contributed by atoms with Gasteiger partial charge in [-0.1, -0.05) is 63.8 Å². The van der Waals surface area contributed by atoms with Crippen molar-refractivity contribution in [1.82, 2.24) is 0 Å². The third-order valence-electron chi connectivity index (χ3n) is 0.500. The molecule has 0 aromatic rings. The molecular weight excluding hydrogens is 108 g/mol. The summed E-state index contributed by atoms with van der Waals surface area (Å²) in [4.78, 5) is 0. The minimum Gasteiger partial charge on any atom is -0.0776 e. The Kier molecular flexibility index (Phi) is 697. The summed E-state index contributed by atoms with van der Waals surface area (Å²) in [6.45, 7) is 4.36. The highest BCUT2D eigenvalue weighted by Crippen LogP contribution is 1.76. The third kappa shape index (κ3) is 288. The van der Waals surface area contributed by atoms with Crippen molar-refractivity contribution in [2.24, 2.45) is 0 Å². The Bertz CT molecular complexity index is 6.69. The van der Waals surface area contributed by atoms with Gasteiger partial charge in [0.2, 0.25) is 0 Å². The van der Waals surface area contributed by atoms with Gasteiger partial charge in [0, 0.05) is 1.43 Å². The van der Waals surface area contributed by atoms with Gasteiger partial charge in [-0.15, -0.1) is 0 Å². The molecule has 0 nitrogen and oxygen atoms in total. The highest BCUT2D eigenvalue weighted by molar-refractivity contribution is 4.12. The van der Waals surface area contributed by atoms with Crippen molar-refractivity contribution in [3.05, 3.63) is 0 Å². The third-order valence-corrected chi connectivity index (χ3v) is 0.500. The molecule has 0 rings (SSSR count). The van der Waals surface area contributed by atoms with E-state index in [0.29, 0.717) is 0 Å². The van der Waals surface area contributed by atoms with Crippen LogP contribution in [0.1, 0.15) is 65.2 Å². The Morgan fingerprint density at radius 3 is 0.778 bits per heavy atom. The van der Waals surface area contributed by atoms with Crippen LogP contribution in [-0.2, 0) is 0 Å². The molecule has 0 spiro atoms. The molecule has 9 heavy (non-hydrogen) atoms. The molecule has 0 heterocycles. The quantitative estimate of drug-likeness (QED) is 0.469. The molecule has 0 radical (unpaired) electrons. The van der Waals surface area contributed by atoms with Gasteiger partial charge in [-0.05, 0) is 0 Å². The van der Waals surface area contributed by atoms with Gasteiger partial charge in [0.05, 0.1) is 0 Å². The van der Waals surface area contributed by atoms with E-state index in [9.17, 15) is 0 Å². The van der Waals surface area contributed by atoms with Crippen LogP contribution in [0, 0.1) is 0 Å². The Labute approximate surface area is 66.2 Å². The zero-order valence-corrected chi connectivity index (χ0v) is 3.41. The fourth-order valence-electron chi connectivity index (χ4n) is 0. The Hall–Kier alpha value is 0. The second kappa shape index (κ2) is 98.0. The van der Waals surface area contributed by atoms with Crippen LogP contribution in [-0.4, -0.2) is 0 Å². The summed E-state index contributed by atoms with van der Waals surface area (Å²) < 4.78 is 0. The highest BCUT2D eigenvalue weighted by Gasteiger charge is 1.56. The fourth-order valence-corrected chi connectivity index (χ4v) is 0. The summed E-state index contributed by atoms with van der Waals surface area (Å²) in [5.74, 6) is 0. The smallest absolute Gasteiger partial charge is 0 e. The average Bonchev–Trinajstić information content (AvgIpc) is 1.37. The van der Waals surface area contributed by atoms with Gasteiger partial charge < -0.3 is 0 Å². The van der Waals surface area contributed by atoms with E-state index in [1.165, 1.54) is 12.8 Å². The number of rotatable bonds is 1. The second-order valence-corrected chi connectivity index (χ2v) is 1.000. The van der Waals surface area contributed by atoms with E-state index in [1.54, 1.807) is 0 Å². The van der Waals surface area contributed by atoms with Crippen molar-refractivity contribution in [2.45, 2.75) is 63.8 Å². The maximum absolute atomic E-state index is 2.18. The lowest BCUT2D eigenvalue weighted by atomic mass is 10.4. The van der Waals surface area contributed by atoms with Crippen molar-refractivity contribution >= 4 is 0 Å². The molecule has 0 N–H and O–H groups in total. The van der Waals surface area contributed by atoms with E-state index in [-0.39, 0.29) is 38.6 Å². The molecule has 0 heteroatoms. The van der Waals surface area contributed by atoms with E-state index >= 15 is 0 Å². The van der Waals surface area contributed by atoms with E-state index in [2.05, 4.69) is 13.8 Å². The Morgan fingerprint density at radius 1 is 0.667 bits per heavy atom. The minimum absolute atomic E-state index is 0. The molecule has 0 saturated carbocycles. The predicted octanol–water partition coefficient (Wildman–Crippen LogP) is 5.23. The van der Waals surface area contributed by atoms with Crippen molar-refractivity contribution in [3.63, 3.8) is 0 Å². The molecule has 0 unspecified atom stereocenters. The first-order valence-electron chi connectivity index (χ1n) is 1.91. The lowest BCUT2D eigenvalue weighted by Crippen LogP contribution is -1.47. The number of unbranched alkanes of at least 4 members (excludes halogenated alkanes) is 1. The molecule has 0 atom stereocenters. The van der Waals surface area contributed by atoms with Crippen LogP contribution < -0.4 is 0 Å². The van der Waals surface area contributed by atoms with Gasteiger partial charge in [-0.2, -0.15) is 0 Å². The average molecular weight is 141 g/mol. The first-order chi connectivity index (χ1) is 1.91. The normalized spacial score (nSPS) is 3.33. The monoisotopic (exact) mass is 141 g/mol. The van der Waals surface area contributed by atoms with Crippen LogP contribution in [0.4, 0.5) is 0 Å². The summed E-state index contributed by atoms with van der Waals surface area (Å²) in [7, 11) is 0. The summed E-state index contributed by atoms with van der Waals surface area (Å²) in [5.41, 5.74) is 0. The molecule has 0 aliphatic carbocycles. The molecule has 0 amide bonds. The highest BCUT2D eigenvalue weighted by atomic mass is 13.6. The molecule has 0 aromatic heterocycles. The van der Waals surface area contributed by atoms with Gasteiger partial charge in [-0.25, -0.2) is 0 Å². The molecular formula is C9H32. The molecule has 0 fully saturated rings. The van der Waals surface area contributed by atoms with Crippen LogP contribution in [0.2, 0.25) is 0 Å². The molecule has 0 aliphatic heterocycles. The first kappa shape index (κ1) is 64.0. The zero-order valence-electron chi connectivity index (χ0n) is 3.41. The van der Waals surface area contributed by atoms with Crippen molar-refractivity contribution in [1.29, 1.82) is 0 Å². The second-order valence-electron chi connectivity index (χ2n) is 1.000. The van der Waals surface area contributed by atoms with Crippen LogP contribution in [0.15, 0.2) is 0 Å². The van der Waals surface area contributed by atoms with E-state index < -0.39 is 0 Å². The standard InChI is InChI=1S/C4H10.5CH4.H2/c1-3-4-2;;;;;;/h3-4H2,1-2H3;5*1H4;1H/i;;;;;;1+1. The van der Waals surface area contributed by atoms with Crippen molar-refractivity contribution in [2.75, 3.05) is 0 Å². The van der Waals surface area contributed by atoms with Gasteiger partial charge in [0.15, 0.2) is 0 Å². The minimum atomic E-state index is 0. The van der Waals surface area contributed by atoms with Crippen LogP contribution in [0.5, 0.6) is 0 Å². The maximum Gasteiger partial charge on any atom is 0 e. The molecule has 0 saturated heterocycles. The predicted molar refractivity (Wildman–Crippen MR) is 56.4 cm³/mol. The van der Waals surface area contributed by atoms with Crippen LogP contribution in [0.25, 0.3) is 0 Å². The van der Waals surface area contributed by atoms with E-state index in [1.807, 2.05) is 0 Å². The van der Waals surface area contributed by atoms with E-state index in [4.69, 9.17) is 0 Å².